The van der Waals surface area contributed by atoms with Crippen LogP contribution in [0.5, 0.6) is 0 Å². The third-order valence-corrected chi connectivity index (χ3v) is 4.84. The van der Waals surface area contributed by atoms with Crippen LogP contribution in [0.25, 0.3) is 0 Å². The van der Waals surface area contributed by atoms with E-state index in [1.807, 2.05) is 17.9 Å². The highest BCUT2D eigenvalue weighted by Crippen LogP contribution is 2.11. The number of rotatable bonds is 4. The van der Waals surface area contributed by atoms with Crippen LogP contribution in [0.1, 0.15) is 31.2 Å². The Labute approximate surface area is 148 Å². The van der Waals surface area contributed by atoms with E-state index in [-0.39, 0.29) is 11.9 Å². The van der Waals surface area contributed by atoms with Crippen LogP contribution < -0.4 is 5.32 Å². The van der Waals surface area contributed by atoms with Gasteiger partial charge in [0.15, 0.2) is 5.76 Å². The molecule has 2 aliphatic rings. The number of nitrogens with one attached hydrogen (secondary N) is 1. The summed E-state index contributed by atoms with van der Waals surface area (Å²) in [5.74, 6) is 0.866. The molecule has 0 radical (unpaired) electrons. The van der Waals surface area contributed by atoms with Crippen LogP contribution in [0.4, 0.5) is 4.79 Å². The molecule has 3 rings (SSSR count). The molecule has 3 heterocycles. The highest BCUT2D eigenvalue weighted by Gasteiger charge is 2.27. The van der Waals surface area contributed by atoms with Gasteiger partial charge in [0, 0.05) is 45.3 Å². The summed E-state index contributed by atoms with van der Waals surface area (Å²) in [5.41, 5.74) is 0.879. The topological polar surface area (TPSA) is 81.9 Å². The molecule has 8 heteroatoms. The van der Waals surface area contributed by atoms with Gasteiger partial charge in [-0.05, 0) is 26.7 Å². The molecule has 0 saturated carbocycles. The SMILES string of the molecule is Cc1cc(CN2CCN(C(=O)NC(C)C(=O)N3CCCC3)CC2)on1. The molecule has 2 saturated heterocycles. The second-order valence-corrected chi connectivity index (χ2v) is 6.90. The van der Waals surface area contributed by atoms with Gasteiger partial charge in [0.2, 0.25) is 5.91 Å². The van der Waals surface area contributed by atoms with Crippen molar-refractivity contribution in [1.29, 1.82) is 0 Å². The Morgan fingerprint density at radius 3 is 2.44 bits per heavy atom. The molecule has 1 aromatic rings. The molecule has 0 aromatic carbocycles. The second-order valence-electron chi connectivity index (χ2n) is 6.90. The zero-order valence-electron chi connectivity index (χ0n) is 15.0. The van der Waals surface area contributed by atoms with E-state index in [0.29, 0.717) is 19.6 Å². The number of carbonyl (C=O) groups excluding carboxylic acids is 2. The number of hydrogen-bond donors (Lipinski definition) is 1. The highest BCUT2D eigenvalue weighted by atomic mass is 16.5. The quantitative estimate of drug-likeness (QED) is 0.870. The van der Waals surface area contributed by atoms with Gasteiger partial charge in [0.05, 0.1) is 12.2 Å². The lowest BCUT2D eigenvalue weighted by atomic mass is 10.2. The van der Waals surface area contributed by atoms with Crippen molar-refractivity contribution >= 4 is 11.9 Å². The second kappa shape index (κ2) is 7.86. The van der Waals surface area contributed by atoms with Crippen molar-refractivity contribution < 1.29 is 14.1 Å². The lowest BCUT2D eigenvalue weighted by molar-refractivity contribution is -0.131. The summed E-state index contributed by atoms with van der Waals surface area (Å²) in [6.45, 7) is 8.83. The number of likely N-dealkylation sites (tertiary alicyclic amines) is 1. The summed E-state index contributed by atoms with van der Waals surface area (Å²) < 4.78 is 5.24. The molecule has 8 nitrogen and oxygen atoms in total. The molecule has 25 heavy (non-hydrogen) atoms. The molecule has 1 aromatic heterocycles. The molecule has 3 amide bonds. The van der Waals surface area contributed by atoms with E-state index in [0.717, 1.165) is 50.5 Å². The van der Waals surface area contributed by atoms with Crippen molar-refractivity contribution in [2.45, 2.75) is 39.3 Å². The van der Waals surface area contributed by atoms with Gasteiger partial charge in [0.1, 0.15) is 6.04 Å². The van der Waals surface area contributed by atoms with Crippen molar-refractivity contribution in [2.75, 3.05) is 39.3 Å². The molecule has 1 atom stereocenters. The zero-order chi connectivity index (χ0) is 17.8. The minimum Gasteiger partial charge on any atom is -0.360 e. The molecule has 2 aliphatic heterocycles. The Morgan fingerprint density at radius 2 is 1.84 bits per heavy atom. The Balaban J connectivity index is 1.42. The van der Waals surface area contributed by atoms with Gasteiger partial charge in [-0.15, -0.1) is 0 Å². The smallest absolute Gasteiger partial charge is 0.318 e. The summed E-state index contributed by atoms with van der Waals surface area (Å²) in [5, 5.41) is 6.74. The first kappa shape index (κ1) is 17.7. The molecule has 2 fully saturated rings. The lowest BCUT2D eigenvalue weighted by Gasteiger charge is -2.34. The molecule has 0 spiro atoms. The number of piperazine rings is 1. The average Bonchev–Trinajstić information content (AvgIpc) is 3.26. The van der Waals surface area contributed by atoms with Crippen molar-refractivity contribution in [1.82, 2.24) is 25.2 Å². The predicted molar refractivity (Wildman–Crippen MR) is 91.9 cm³/mol. The number of urea groups is 1. The van der Waals surface area contributed by atoms with Gasteiger partial charge < -0.3 is 19.6 Å². The van der Waals surface area contributed by atoms with E-state index in [9.17, 15) is 9.59 Å². The first-order valence-corrected chi connectivity index (χ1v) is 9.01. The van der Waals surface area contributed by atoms with E-state index < -0.39 is 6.04 Å². The fourth-order valence-electron chi connectivity index (χ4n) is 3.37. The predicted octanol–water partition coefficient (Wildman–Crippen LogP) is 0.821. The van der Waals surface area contributed by atoms with Crippen LogP contribution in [-0.2, 0) is 11.3 Å². The molecule has 0 bridgehead atoms. The summed E-state index contributed by atoms with van der Waals surface area (Å²) in [4.78, 5) is 30.5. The van der Waals surface area contributed by atoms with Crippen molar-refractivity contribution in [3.63, 3.8) is 0 Å². The van der Waals surface area contributed by atoms with E-state index in [1.165, 1.54) is 0 Å². The van der Waals surface area contributed by atoms with E-state index in [1.54, 1.807) is 11.8 Å². The van der Waals surface area contributed by atoms with Gasteiger partial charge in [-0.2, -0.15) is 0 Å². The Kier molecular flexibility index (Phi) is 5.57. The monoisotopic (exact) mass is 349 g/mol. The van der Waals surface area contributed by atoms with Crippen molar-refractivity contribution in [3.05, 3.63) is 17.5 Å². The number of aromatic nitrogens is 1. The van der Waals surface area contributed by atoms with Crippen LogP contribution >= 0.6 is 0 Å². The van der Waals surface area contributed by atoms with Gasteiger partial charge in [-0.1, -0.05) is 5.16 Å². The van der Waals surface area contributed by atoms with Crippen LogP contribution in [0.15, 0.2) is 10.6 Å². The van der Waals surface area contributed by atoms with E-state index >= 15 is 0 Å². The lowest BCUT2D eigenvalue weighted by Crippen LogP contribution is -2.55. The number of hydrogen-bond acceptors (Lipinski definition) is 5. The first-order chi connectivity index (χ1) is 12.0. The van der Waals surface area contributed by atoms with Gasteiger partial charge >= 0.3 is 6.03 Å². The standard InChI is InChI=1S/C17H27N5O3/c1-13-11-15(25-19-13)12-20-7-9-22(10-8-20)17(24)18-14(2)16(23)21-5-3-4-6-21/h11,14H,3-10,12H2,1-2H3,(H,18,24). The Hall–Kier alpha value is -2.09. The van der Waals surface area contributed by atoms with Gasteiger partial charge in [-0.25, -0.2) is 4.79 Å². The van der Waals surface area contributed by atoms with Crippen molar-refractivity contribution in [2.24, 2.45) is 0 Å². The molecular formula is C17H27N5O3. The van der Waals surface area contributed by atoms with E-state index in [4.69, 9.17) is 4.52 Å². The molecular weight excluding hydrogens is 322 g/mol. The number of amides is 3. The van der Waals surface area contributed by atoms with Crippen LogP contribution in [0.2, 0.25) is 0 Å². The summed E-state index contributed by atoms with van der Waals surface area (Å²) >= 11 is 0. The summed E-state index contributed by atoms with van der Waals surface area (Å²) in [6.07, 6.45) is 2.11. The maximum Gasteiger partial charge on any atom is 0.318 e. The van der Waals surface area contributed by atoms with Crippen LogP contribution in [0.3, 0.4) is 0 Å². The van der Waals surface area contributed by atoms with Crippen LogP contribution in [0, 0.1) is 6.92 Å². The third-order valence-electron chi connectivity index (χ3n) is 4.84. The van der Waals surface area contributed by atoms with E-state index in [2.05, 4.69) is 15.4 Å². The molecule has 0 aliphatic carbocycles. The number of aryl methyl sites for hydroxylation is 1. The third kappa shape index (κ3) is 4.50. The Morgan fingerprint density at radius 1 is 1.16 bits per heavy atom. The molecule has 1 N–H and O–H groups in total. The fraction of sp³-hybridized carbons (Fsp3) is 0.706. The largest absolute Gasteiger partial charge is 0.360 e. The number of carbonyl (C=O) groups is 2. The van der Waals surface area contributed by atoms with Gasteiger partial charge in [-0.3, -0.25) is 9.69 Å². The summed E-state index contributed by atoms with van der Waals surface area (Å²) in [7, 11) is 0. The molecule has 1 unspecified atom stereocenters. The fourth-order valence-corrected chi connectivity index (χ4v) is 3.37. The minimum absolute atomic E-state index is 0.0187. The van der Waals surface area contributed by atoms with Crippen LogP contribution in [-0.4, -0.2) is 77.1 Å². The first-order valence-electron chi connectivity index (χ1n) is 9.01. The number of nitrogens with zero attached hydrogens (tertiary/aromatic N) is 4. The average molecular weight is 349 g/mol. The Bertz CT molecular complexity index is 603. The minimum atomic E-state index is -0.471. The maximum absolute atomic E-state index is 12.4. The summed E-state index contributed by atoms with van der Waals surface area (Å²) in [6, 6.07) is 1.31. The highest BCUT2D eigenvalue weighted by molar-refractivity contribution is 5.86. The zero-order valence-corrected chi connectivity index (χ0v) is 15.0. The van der Waals surface area contributed by atoms with Crippen molar-refractivity contribution in [3.8, 4) is 0 Å². The molecule has 138 valence electrons. The normalized spacial score (nSPS) is 19.9. The van der Waals surface area contributed by atoms with Gasteiger partial charge in [0.25, 0.3) is 0 Å². The maximum atomic E-state index is 12.4.